The fraction of sp³-hybridized carbons (Fsp3) is 0.500. The van der Waals surface area contributed by atoms with E-state index in [2.05, 4.69) is 29.5 Å². The first-order chi connectivity index (χ1) is 12.2. The maximum Gasteiger partial charge on any atom is 0.224 e. The lowest BCUT2D eigenvalue weighted by atomic mass is 10.1. The molecule has 0 radical (unpaired) electrons. The minimum Gasteiger partial charge on any atom is -0.362 e. The molecule has 0 fully saturated rings. The summed E-state index contributed by atoms with van der Waals surface area (Å²) in [5, 5.41) is 9.19. The Balaban J connectivity index is 1.83. The number of nitrogens with one attached hydrogen (secondary N) is 2. The van der Waals surface area contributed by atoms with E-state index in [0.717, 1.165) is 41.5 Å². The topological polar surface area (TPSA) is 54.0 Å². The first-order valence-corrected chi connectivity index (χ1v) is 10.2. The van der Waals surface area contributed by atoms with E-state index >= 15 is 0 Å². The zero-order valence-electron chi connectivity index (χ0n) is 15.3. The number of aromatic nitrogens is 1. The molecule has 4 nitrogen and oxygen atoms in total. The van der Waals surface area contributed by atoms with Gasteiger partial charge in [-0.2, -0.15) is 0 Å². The van der Waals surface area contributed by atoms with Gasteiger partial charge >= 0.3 is 0 Å². The second-order valence-electron chi connectivity index (χ2n) is 6.21. The van der Waals surface area contributed by atoms with Crippen molar-refractivity contribution in [1.82, 2.24) is 4.98 Å². The highest BCUT2D eigenvalue weighted by Crippen LogP contribution is 2.26. The van der Waals surface area contributed by atoms with Crippen LogP contribution >= 0.6 is 11.3 Å². The summed E-state index contributed by atoms with van der Waals surface area (Å²) in [5.74, 6) is 0.0965. The van der Waals surface area contributed by atoms with Crippen molar-refractivity contribution in [1.29, 1.82) is 0 Å². The second-order valence-corrected chi connectivity index (χ2v) is 7.07. The summed E-state index contributed by atoms with van der Waals surface area (Å²) >= 11 is 1.60. The number of unbranched alkanes of at least 4 members (excludes halogenated alkanes) is 5. The molecule has 1 aromatic heterocycles. The third-order valence-corrected chi connectivity index (χ3v) is 4.83. The Morgan fingerprint density at radius 2 is 1.92 bits per heavy atom. The average Bonchev–Trinajstić information content (AvgIpc) is 3.07. The van der Waals surface area contributed by atoms with Crippen LogP contribution < -0.4 is 10.6 Å². The number of carbonyl (C=O) groups excluding carboxylic acids is 1. The molecule has 0 aliphatic carbocycles. The van der Waals surface area contributed by atoms with Gasteiger partial charge in [-0.1, -0.05) is 51.2 Å². The minimum atomic E-state index is 0.0965. The third-order valence-electron chi connectivity index (χ3n) is 4.03. The predicted molar refractivity (Wildman–Crippen MR) is 108 cm³/mol. The van der Waals surface area contributed by atoms with E-state index in [1.165, 1.54) is 25.7 Å². The van der Waals surface area contributed by atoms with E-state index < -0.39 is 0 Å². The van der Waals surface area contributed by atoms with Crippen LogP contribution in [0.4, 0.5) is 10.8 Å². The Morgan fingerprint density at radius 1 is 1.12 bits per heavy atom. The van der Waals surface area contributed by atoms with E-state index in [1.807, 2.05) is 29.6 Å². The number of carbonyl (C=O) groups is 1. The lowest BCUT2D eigenvalue weighted by molar-refractivity contribution is -0.116. The molecule has 0 spiro atoms. The van der Waals surface area contributed by atoms with Gasteiger partial charge in [-0.25, -0.2) is 4.98 Å². The van der Waals surface area contributed by atoms with Crippen LogP contribution in [0.5, 0.6) is 0 Å². The zero-order valence-corrected chi connectivity index (χ0v) is 16.1. The van der Waals surface area contributed by atoms with Crippen LogP contribution in [0.3, 0.4) is 0 Å². The normalized spacial score (nSPS) is 10.6. The molecule has 1 aromatic carbocycles. The lowest BCUT2D eigenvalue weighted by Gasteiger charge is -2.07. The molecule has 0 saturated heterocycles. The van der Waals surface area contributed by atoms with Crippen molar-refractivity contribution in [2.24, 2.45) is 0 Å². The van der Waals surface area contributed by atoms with E-state index in [4.69, 9.17) is 0 Å². The van der Waals surface area contributed by atoms with Crippen molar-refractivity contribution in [3.63, 3.8) is 0 Å². The first kappa shape index (κ1) is 19.4. The number of nitrogens with zero attached hydrogens (tertiary/aromatic N) is 1. The fourth-order valence-corrected chi connectivity index (χ4v) is 3.48. The van der Waals surface area contributed by atoms with E-state index in [0.29, 0.717) is 6.42 Å². The molecular formula is C20H29N3OS. The van der Waals surface area contributed by atoms with Gasteiger partial charge in [0, 0.05) is 29.6 Å². The lowest BCUT2D eigenvalue weighted by Crippen LogP contribution is -2.11. The Labute approximate surface area is 155 Å². The zero-order chi connectivity index (χ0) is 17.9. The summed E-state index contributed by atoms with van der Waals surface area (Å²) in [5.41, 5.74) is 2.80. The van der Waals surface area contributed by atoms with Crippen LogP contribution in [0, 0.1) is 0 Å². The van der Waals surface area contributed by atoms with Crippen LogP contribution in [0.1, 0.15) is 58.8 Å². The van der Waals surface area contributed by atoms with Gasteiger partial charge in [0.25, 0.3) is 0 Å². The van der Waals surface area contributed by atoms with Crippen molar-refractivity contribution >= 4 is 28.1 Å². The van der Waals surface area contributed by atoms with Crippen LogP contribution in [0.2, 0.25) is 0 Å². The quantitative estimate of drug-likeness (QED) is 0.489. The van der Waals surface area contributed by atoms with Crippen LogP contribution in [0.25, 0.3) is 11.3 Å². The summed E-state index contributed by atoms with van der Waals surface area (Å²) < 4.78 is 0. The summed E-state index contributed by atoms with van der Waals surface area (Å²) in [6.07, 6.45) is 7.76. The summed E-state index contributed by atoms with van der Waals surface area (Å²) in [4.78, 5) is 16.7. The summed E-state index contributed by atoms with van der Waals surface area (Å²) in [6, 6.07) is 7.90. The van der Waals surface area contributed by atoms with Crippen molar-refractivity contribution in [3.05, 3.63) is 29.6 Å². The Bertz CT molecular complexity index is 654. The van der Waals surface area contributed by atoms with Gasteiger partial charge in [-0.3, -0.25) is 4.79 Å². The van der Waals surface area contributed by atoms with Crippen molar-refractivity contribution < 1.29 is 4.79 Å². The predicted octanol–water partition coefficient (Wildman–Crippen LogP) is 5.93. The third kappa shape index (κ3) is 6.86. The van der Waals surface area contributed by atoms with Gasteiger partial charge in [0.2, 0.25) is 5.91 Å². The first-order valence-electron chi connectivity index (χ1n) is 9.32. The molecule has 0 atom stereocenters. The Hall–Kier alpha value is -1.88. The number of thiazole rings is 1. The molecule has 0 saturated carbocycles. The van der Waals surface area contributed by atoms with E-state index in [1.54, 1.807) is 11.3 Å². The molecule has 2 rings (SSSR count). The molecule has 0 aliphatic rings. The molecule has 2 aromatic rings. The van der Waals surface area contributed by atoms with E-state index in [9.17, 15) is 4.79 Å². The number of amides is 1. The second kappa shape index (κ2) is 10.9. The van der Waals surface area contributed by atoms with Crippen molar-refractivity contribution in [2.75, 3.05) is 17.2 Å². The van der Waals surface area contributed by atoms with Gasteiger partial charge in [0.05, 0.1) is 5.69 Å². The SMILES string of the molecule is CCCCCCCCC(=O)Nc1cccc(-c2csc(NCC)n2)c1. The van der Waals surface area contributed by atoms with Gasteiger partial charge in [-0.05, 0) is 25.5 Å². The molecule has 0 aliphatic heterocycles. The van der Waals surface area contributed by atoms with Gasteiger partial charge < -0.3 is 10.6 Å². The number of anilines is 2. The molecule has 136 valence electrons. The van der Waals surface area contributed by atoms with Gasteiger partial charge in [0.1, 0.15) is 0 Å². The minimum absolute atomic E-state index is 0.0965. The highest BCUT2D eigenvalue weighted by molar-refractivity contribution is 7.14. The van der Waals surface area contributed by atoms with E-state index in [-0.39, 0.29) is 5.91 Å². The Morgan fingerprint density at radius 3 is 2.72 bits per heavy atom. The highest BCUT2D eigenvalue weighted by atomic mass is 32.1. The number of benzene rings is 1. The van der Waals surface area contributed by atoms with Crippen LogP contribution in [-0.2, 0) is 4.79 Å². The maximum atomic E-state index is 12.1. The van der Waals surface area contributed by atoms with Crippen LogP contribution in [0.15, 0.2) is 29.6 Å². The van der Waals surface area contributed by atoms with Gasteiger partial charge in [-0.15, -0.1) is 11.3 Å². The van der Waals surface area contributed by atoms with Gasteiger partial charge in [0.15, 0.2) is 5.13 Å². The highest BCUT2D eigenvalue weighted by Gasteiger charge is 2.07. The monoisotopic (exact) mass is 359 g/mol. The molecule has 0 bridgehead atoms. The molecule has 1 amide bonds. The summed E-state index contributed by atoms with van der Waals surface area (Å²) in [7, 11) is 0. The van der Waals surface area contributed by atoms with Crippen LogP contribution in [-0.4, -0.2) is 17.4 Å². The summed E-state index contributed by atoms with van der Waals surface area (Å²) in [6.45, 7) is 5.14. The molecule has 0 unspecified atom stereocenters. The number of hydrogen-bond donors (Lipinski definition) is 2. The molecule has 1 heterocycles. The van der Waals surface area contributed by atoms with Crippen molar-refractivity contribution in [3.8, 4) is 11.3 Å². The molecule has 5 heteroatoms. The molecule has 2 N–H and O–H groups in total. The molecule has 25 heavy (non-hydrogen) atoms. The smallest absolute Gasteiger partial charge is 0.224 e. The largest absolute Gasteiger partial charge is 0.362 e. The number of rotatable bonds is 11. The van der Waals surface area contributed by atoms with Crippen molar-refractivity contribution in [2.45, 2.75) is 58.8 Å². The fourth-order valence-electron chi connectivity index (χ4n) is 2.68. The maximum absolute atomic E-state index is 12.1. The average molecular weight is 360 g/mol. The standard InChI is InChI=1S/C20H29N3OS/c1-3-5-6-7-8-9-13-19(24)22-17-12-10-11-16(14-17)18-15-25-20(23-18)21-4-2/h10-12,14-15H,3-9,13H2,1-2H3,(H,21,23)(H,22,24). The number of hydrogen-bond acceptors (Lipinski definition) is 4. The molecular weight excluding hydrogens is 330 g/mol. The Kier molecular flexibility index (Phi) is 8.46.